The van der Waals surface area contributed by atoms with Crippen molar-refractivity contribution in [2.45, 2.75) is 6.92 Å². The Kier molecular flexibility index (Phi) is 3.36. The van der Waals surface area contributed by atoms with Crippen LogP contribution in [0.2, 0.25) is 4.34 Å². The fraction of sp³-hybridized carbons (Fsp3) is 0.0833. The molecule has 2 rings (SSSR count). The van der Waals surface area contributed by atoms with E-state index in [1.165, 1.54) is 11.3 Å². The normalized spacial score (nSPS) is 10.2. The van der Waals surface area contributed by atoms with Crippen molar-refractivity contribution in [2.75, 3.05) is 5.32 Å². The summed E-state index contributed by atoms with van der Waals surface area (Å²) in [5.74, 6) is -0.227. The van der Waals surface area contributed by atoms with Crippen LogP contribution in [-0.4, -0.2) is 11.0 Å². The van der Waals surface area contributed by atoms with Gasteiger partial charge < -0.3 is 10.4 Å². The van der Waals surface area contributed by atoms with Gasteiger partial charge in [-0.3, -0.25) is 4.79 Å². The van der Waals surface area contributed by atoms with Crippen LogP contribution in [0.4, 0.5) is 5.69 Å². The number of benzene rings is 1. The van der Waals surface area contributed by atoms with Gasteiger partial charge in [0.05, 0.1) is 14.9 Å². The average Bonchev–Trinajstić information content (AvgIpc) is 2.70. The summed E-state index contributed by atoms with van der Waals surface area (Å²) in [6, 6.07) is 8.34. The quantitative estimate of drug-likeness (QED) is 0.816. The minimum absolute atomic E-state index is 0.0478. The van der Waals surface area contributed by atoms with Crippen LogP contribution < -0.4 is 5.32 Å². The summed E-state index contributed by atoms with van der Waals surface area (Å²) < 4.78 is 0.559. The SMILES string of the molecule is Cc1ccc(O)c(NC(=O)c2ccc(Cl)s2)c1. The van der Waals surface area contributed by atoms with Crippen LogP contribution in [0, 0.1) is 6.92 Å². The van der Waals surface area contributed by atoms with Gasteiger partial charge in [-0.2, -0.15) is 0 Å². The summed E-state index contributed by atoms with van der Waals surface area (Å²) in [7, 11) is 0. The Labute approximate surface area is 108 Å². The third-order valence-electron chi connectivity index (χ3n) is 2.20. The lowest BCUT2D eigenvalue weighted by atomic mass is 10.2. The van der Waals surface area contributed by atoms with Crippen molar-refractivity contribution in [2.24, 2.45) is 0 Å². The van der Waals surface area contributed by atoms with Crippen molar-refractivity contribution in [3.05, 3.63) is 45.1 Å². The van der Waals surface area contributed by atoms with Crippen molar-refractivity contribution in [1.82, 2.24) is 0 Å². The fourth-order valence-electron chi connectivity index (χ4n) is 1.37. The number of halogens is 1. The summed E-state index contributed by atoms with van der Waals surface area (Å²) in [6.07, 6.45) is 0. The lowest BCUT2D eigenvalue weighted by molar-refractivity contribution is 0.103. The van der Waals surface area contributed by atoms with Crippen LogP contribution in [0.25, 0.3) is 0 Å². The third-order valence-corrected chi connectivity index (χ3v) is 3.43. The number of thiophene rings is 1. The molecule has 0 bridgehead atoms. The molecule has 0 saturated carbocycles. The second kappa shape index (κ2) is 4.77. The minimum Gasteiger partial charge on any atom is -0.506 e. The molecule has 5 heteroatoms. The van der Waals surface area contributed by atoms with Crippen molar-refractivity contribution in [1.29, 1.82) is 0 Å². The summed E-state index contributed by atoms with van der Waals surface area (Å²) in [5, 5.41) is 12.2. The van der Waals surface area contributed by atoms with E-state index in [-0.39, 0.29) is 11.7 Å². The number of carbonyl (C=O) groups is 1. The molecular weight excluding hydrogens is 258 g/mol. The molecule has 0 fully saturated rings. The monoisotopic (exact) mass is 267 g/mol. The molecule has 0 aliphatic rings. The molecule has 0 saturated heterocycles. The standard InChI is InChI=1S/C12H10ClNO2S/c1-7-2-3-9(15)8(6-7)14-12(16)10-4-5-11(13)17-10/h2-6,15H,1H3,(H,14,16). The maximum absolute atomic E-state index is 11.8. The lowest BCUT2D eigenvalue weighted by Gasteiger charge is -2.06. The smallest absolute Gasteiger partial charge is 0.265 e. The van der Waals surface area contributed by atoms with Crippen molar-refractivity contribution < 1.29 is 9.90 Å². The zero-order chi connectivity index (χ0) is 12.4. The first-order valence-electron chi connectivity index (χ1n) is 4.92. The highest BCUT2D eigenvalue weighted by Crippen LogP contribution is 2.26. The topological polar surface area (TPSA) is 49.3 Å². The largest absolute Gasteiger partial charge is 0.506 e. The van der Waals surface area contributed by atoms with Crippen molar-refractivity contribution in [3.8, 4) is 5.75 Å². The molecule has 0 spiro atoms. The predicted molar refractivity (Wildman–Crippen MR) is 70.1 cm³/mol. The van der Waals surface area contributed by atoms with E-state index in [1.807, 2.05) is 6.92 Å². The van der Waals surface area contributed by atoms with Gasteiger partial charge in [-0.25, -0.2) is 0 Å². The van der Waals surface area contributed by atoms with E-state index >= 15 is 0 Å². The number of carbonyl (C=O) groups excluding carboxylic acids is 1. The van der Waals surface area contributed by atoms with E-state index in [0.717, 1.165) is 5.56 Å². The highest BCUT2D eigenvalue weighted by molar-refractivity contribution is 7.18. The predicted octanol–water partition coefficient (Wildman–Crippen LogP) is 3.67. The zero-order valence-corrected chi connectivity index (χ0v) is 10.6. The van der Waals surface area contributed by atoms with Gasteiger partial charge >= 0.3 is 0 Å². The number of nitrogens with one attached hydrogen (secondary N) is 1. The van der Waals surface area contributed by atoms with Gasteiger partial charge in [0.1, 0.15) is 5.75 Å². The number of hydrogen-bond donors (Lipinski definition) is 2. The van der Waals surface area contributed by atoms with Crippen LogP contribution in [0.3, 0.4) is 0 Å². The minimum atomic E-state index is -0.275. The molecule has 1 aromatic carbocycles. The molecule has 2 N–H and O–H groups in total. The zero-order valence-electron chi connectivity index (χ0n) is 9.03. The van der Waals surface area contributed by atoms with Gasteiger partial charge in [0.25, 0.3) is 5.91 Å². The van der Waals surface area contributed by atoms with Crippen molar-refractivity contribution in [3.63, 3.8) is 0 Å². The molecule has 1 amide bonds. The Morgan fingerprint density at radius 2 is 2.12 bits per heavy atom. The third kappa shape index (κ3) is 2.78. The van der Waals surface area contributed by atoms with Crippen LogP contribution in [-0.2, 0) is 0 Å². The molecule has 3 nitrogen and oxygen atoms in total. The molecule has 1 heterocycles. The molecule has 0 radical (unpaired) electrons. The maximum atomic E-state index is 11.8. The first kappa shape index (κ1) is 12.0. The van der Waals surface area contributed by atoms with Gasteiger partial charge in [-0.15, -0.1) is 11.3 Å². The number of phenols is 1. The summed E-state index contributed by atoms with van der Waals surface area (Å²) >= 11 is 6.95. The Morgan fingerprint density at radius 1 is 1.35 bits per heavy atom. The molecule has 1 aromatic heterocycles. The Hall–Kier alpha value is -1.52. The van der Waals surface area contributed by atoms with Gasteiger partial charge in [-0.05, 0) is 36.8 Å². The first-order chi connectivity index (χ1) is 8.06. The Balaban J connectivity index is 2.21. The highest BCUT2D eigenvalue weighted by atomic mass is 35.5. The first-order valence-corrected chi connectivity index (χ1v) is 6.12. The highest BCUT2D eigenvalue weighted by Gasteiger charge is 2.11. The van der Waals surface area contributed by atoms with Crippen molar-refractivity contribution >= 4 is 34.5 Å². The van der Waals surface area contributed by atoms with Gasteiger partial charge in [-0.1, -0.05) is 17.7 Å². The van der Waals surface area contributed by atoms with Crippen LogP contribution >= 0.6 is 22.9 Å². The van der Waals surface area contributed by atoms with Crippen LogP contribution in [0.5, 0.6) is 5.75 Å². The number of aromatic hydroxyl groups is 1. The van der Waals surface area contributed by atoms with Gasteiger partial charge in [0.15, 0.2) is 0 Å². The summed E-state index contributed by atoms with van der Waals surface area (Å²) in [4.78, 5) is 12.3. The maximum Gasteiger partial charge on any atom is 0.265 e. The number of hydrogen-bond acceptors (Lipinski definition) is 3. The van der Waals surface area contributed by atoms with E-state index in [2.05, 4.69) is 5.32 Å². The number of amides is 1. The van der Waals surface area contributed by atoms with E-state index in [4.69, 9.17) is 11.6 Å². The van der Waals surface area contributed by atoms with E-state index in [0.29, 0.717) is 14.9 Å². The molecule has 0 unspecified atom stereocenters. The van der Waals surface area contributed by atoms with Crippen LogP contribution in [0.1, 0.15) is 15.2 Å². The molecule has 0 aliphatic carbocycles. The summed E-state index contributed by atoms with van der Waals surface area (Å²) in [6.45, 7) is 1.89. The number of rotatable bonds is 2. The second-order valence-electron chi connectivity index (χ2n) is 3.58. The fourth-order valence-corrected chi connectivity index (χ4v) is 2.31. The lowest BCUT2D eigenvalue weighted by Crippen LogP contribution is -2.10. The number of aryl methyl sites for hydroxylation is 1. The van der Waals surface area contributed by atoms with Crippen LogP contribution in [0.15, 0.2) is 30.3 Å². The van der Waals surface area contributed by atoms with Gasteiger partial charge in [0, 0.05) is 0 Å². The Bertz CT molecular complexity index is 565. The Morgan fingerprint density at radius 3 is 2.76 bits per heavy atom. The number of phenolic OH excluding ortho intramolecular Hbond substituents is 1. The van der Waals surface area contributed by atoms with E-state index < -0.39 is 0 Å². The molecule has 0 aliphatic heterocycles. The summed E-state index contributed by atoms with van der Waals surface area (Å²) in [5.41, 5.74) is 1.36. The van der Waals surface area contributed by atoms with E-state index in [9.17, 15) is 9.90 Å². The van der Waals surface area contributed by atoms with Gasteiger partial charge in [0.2, 0.25) is 0 Å². The molecular formula is C12H10ClNO2S. The molecule has 17 heavy (non-hydrogen) atoms. The average molecular weight is 268 g/mol. The second-order valence-corrected chi connectivity index (χ2v) is 5.29. The van der Waals surface area contributed by atoms with E-state index in [1.54, 1.807) is 30.3 Å². The molecule has 2 aromatic rings. The molecule has 0 atom stereocenters. The molecule has 88 valence electrons. The number of anilines is 1.